The van der Waals surface area contributed by atoms with Crippen molar-refractivity contribution in [3.05, 3.63) is 198 Å². The molecule has 7 aromatic rings. The quantitative estimate of drug-likeness (QED) is 0.0422. The number of para-hydroxylation sites is 3. The van der Waals surface area contributed by atoms with Crippen molar-refractivity contribution in [3.63, 3.8) is 0 Å². The van der Waals surface area contributed by atoms with Gasteiger partial charge in [-0.3, -0.25) is 0 Å². The van der Waals surface area contributed by atoms with Crippen LogP contribution in [0.2, 0.25) is 0 Å². The topological polar surface area (TPSA) is 34.2 Å². The molecule has 0 bridgehead atoms. The summed E-state index contributed by atoms with van der Waals surface area (Å²) in [5.41, 5.74) is 10.7. The molecular formula is C61H66N2O3. The second-order valence-electron chi connectivity index (χ2n) is 16.7. The average Bonchev–Trinajstić information content (AvgIpc) is 3.37. The number of benzene rings is 7. The third-order valence-corrected chi connectivity index (χ3v) is 11.7. The summed E-state index contributed by atoms with van der Waals surface area (Å²) in [6.07, 6.45) is 20.6. The molecule has 5 nitrogen and oxygen atoms in total. The van der Waals surface area contributed by atoms with Crippen molar-refractivity contribution in [2.75, 3.05) is 30.1 Å². The van der Waals surface area contributed by atoms with Crippen LogP contribution >= 0.6 is 0 Å². The molecule has 0 aromatic heterocycles. The molecule has 0 N–H and O–H groups in total. The SMILES string of the molecule is CCCCCCCCOc1ccc(N(c2ccccc2)c2ccc(C=Cc3cc(OCCCCCC)c(C=Cc4ccc(N(c5ccccc5)c5ccccc5)cc4)cc3OC)cc2)cc1. The van der Waals surface area contributed by atoms with Gasteiger partial charge in [-0.1, -0.05) is 168 Å². The zero-order chi connectivity index (χ0) is 45.6. The first-order chi connectivity index (χ1) is 32.6. The van der Waals surface area contributed by atoms with Crippen LogP contribution in [0.5, 0.6) is 17.2 Å². The van der Waals surface area contributed by atoms with E-state index in [9.17, 15) is 0 Å². The van der Waals surface area contributed by atoms with E-state index in [0.717, 1.165) is 99.5 Å². The van der Waals surface area contributed by atoms with Crippen LogP contribution < -0.4 is 24.0 Å². The van der Waals surface area contributed by atoms with Gasteiger partial charge in [0, 0.05) is 45.3 Å². The molecule has 0 fully saturated rings. The maximum absolute atomic E-state index is 6.53. The number of hydrogen-bond acceptors (Lipinski definition) is 5. The van der Waals surface area contributed by atoms with Gasteiger partial charge < -0.3 is 24.0 Å². The molecule has 0 saturated heterocycles. The fourth-order valence-electron chi connectivity index (χ4n) is 8.10. The Kier molecular flexibility index (Phi) is 18.2. The molecule has 66 heavy (non-hydrogen) atoms. The van der Waals surface area contributed by atoms with Crippen LogP contribution in [0.15, 0.2) is 176 Å². The minimum Gasteiger partial charge on any atom is -0.496 e. The highest BCUT2D eigenvalue weighted by Gasteiger charge is 2.15. The van der Waals surface area contributed by atoms with Crippen LogP contribution in [-0.2, 0) is 0 Å². The molecule has 7 rings (SSSR count). The van der Waals surface area contributed by atoms with Gasteiger partial charge in [0.2, 0.25) is 0 Å². The summed E-state index contributed by atoms with van der Waals surface area (Å²) in [4.78, 5) is 4.55. The molecule has 0 spiro atoms. The molecule has 338 valence electrons. The summed E-state index contributed by atoms with van der Waals surface area (Å²) in [6.45, 7) is 5.91. The largest absolute Gasteiger partial charge is 0.496 e. The molecule has 0 unspecified atom stereocenters. The number of unbranched alkanes of at least 4 members (excludes halogenated alkanes) is 8. The van der Waals surface area contributed by atoms with Crippen molar-refractivity contribution in [1.29, 1.82) is 0 Å². The number of methoxy groups -OCH3 is 1. The predicted molar refractivity (Wildman–Crippen MR) is 282 cm³/mol. The molecule has 0 aliphatic heterocycles. The van der Waals surface area contributed by atoms with E-state index < -0.39 is 0 Å². The molecule has 0 heterocycles. The normalized spacial score (nSPS) is 11.3. The van der Waals surface area contributed by atoms with E-state index in [2.05, 4.69) is 224 Å². The number of anilines is 6. The summed E-state index contributed by atoms with van der Waals surface area (Å²) in [7, 11) is 1.73. The van der Waals surface area contributed by atoms with E-state index >= 15 is 0 Å². The highest BCUT2D eigenvalue weighted by Crippen LogP contribution is 2.38. The highest BCUT2D eigenvalue weighted by molar-refractivity contribution is 5.82. The van der Waals surface area contributed by atoms with E-state index in [-0.39, 0.29) is 0 Å². The van der Waals surface area contributed by atoms with Crippen molar-refractivity contribution >= 4 is 58.4 Å². The summed E-state index contributed by atoms with van der Waals surface area (Å²) in [5.74, 6) is 2.53. The van der Waals surface area contributed by atoms with E-state index in [1.807, 2.05) is 0 Å². The molecular weight excluding hydrogens is 809 g/mol. The van der Waals surface area contributed by atoms with Gasteiger partial charge in [0.05, 0.1) is 20.3 Å². The zero-order valence-electron chi connectivity index (χ0n) is 39.2. The van der Waals surface area contributed by atoms with Gasteiger partial charge in [0.15, 0.2) is 0 Å². The van der Waals surface area contributed by atoms with Gasteiger partial charge >= 0.3 is 0 Å². The Bertz CT molecular complexity index is 2480. The van der Waals surface area contributed by atoms with Crippen LogP contribution in [0.1, 0.15) is 100 Å². The van der Waals surface area contributed by atoms with Gasteiger partial charge in [-0.2, -0.15) is 0 Å². The lowest BCUT2D eigenvalue weighted by Crippen LogP contribution is -2.09. The molecule has 0 amide bonds. The van der Waals surface area contributed by atoms with Crippen LogP contribution in [-0.4, -0.2) is 20.3 Å². The molecule has 7 aromatic carbocycles. The van der Waals surface area contributed by atoms with Crippen molar-refractivity contribution in [2.24, 2.45) is 0 Å². The van der Waals surface area contributed by atoms with E-state index in [0.29, 0.717) is 6.61 Å². The van der Waals surface area contributed by atoms with Crippen molar-refractivity contribution in [2.45, 2.75) is 78.1 Å². The highest BCUT2D eigenvalue weighted by atomic mass is 16.5. The molecule has 0 radical (unpaired) electrons. The van der Waals surface area contributed by atoms with Gasteiger partial charge in [-0.05, 0) is 121 Å². The van der Waals surface area contributed by atoms with E-state index in [4.69, 9.17) is 14.2 Å². The van der Waals surface area contributed by atoms with E-state index in [1.54, 1.807) is 7.11 Å². The molecule has 0 atom stereocenters. The fraction of sp³-hybridized carbons (Fsp3) is 0.246. The van der Waals surface area contributed by atoms with Gasteiger partial charge in [0.1, 0.15) is 17.2 Å². The third-order valence-electron chi connectivity index (χ3n) is 11.7. The second-order valence-corrected chi connectivity index (χ2v) is 16.7. The summed E-state index contributed by atoms with van der Waals surface area (Å²) < 4.78 is 18.6. The summed E-state index contributed by atoms with van der Waals surface area (Å²) >= 11 is 0. The Morgan fingerprint density at radius 3 is 1.18 bits per heavy atom. The van der Waals surface area contributed by atoms with E-state index in [1.165, 1.54) is 44.9 Å². The Morgan fingerprint density at radius 1 is 0.364 bits per heavy atom. The predicted octanol–water partition coefficient (Wildman–Crippen LogP) is 17.7. The lowest BCUT2D eigenvalue weighted by atomic mass is 10.0. The molecule has 0 aliphatic rings. The van der Waals surface area contributed by atoms with Crippen LogP contribution in [0.4, 0.5) is 34.1 Å². The Morgan fingerprint density at radius 2 is 0.727 bits per heavy atom. The lowest BCUT2D eigenvalue weighted by molar-refractivity contribution is 0.303. The first-order valence-corrected chi connectivity index (χ1v) is 24.0. The number of nitrogens with zero attached hydrogens (tertiary/aromatic N) is 2. The van der Waals surface area contributed by atoms with Crippen molar-refractivity contribution in [1.82, 2.24) is 0 Å². The standard InChI is InChI=1S/C61H66N2O3/c1-4-6-8-10-11-22-45-65-59-43-41-58(42-44-59)63(55-27-19-14-20-28-55)57-39-33-49(34-40-57)29-35-51-48-61(66-46-21-9-7-5-2)52(47-60(51)64-3)36-30-50-31-37-56(38-32-50)62(53-23-15-12-16-24-53)54-25-17-13-18-26-54/h12-20,23-44,47-48H,4-11,21-22,45-46H2,1-3H3. The van der Waals surface area contributed by atoms with Gasteiger partial charge in [-0.25, -0.2) is 0 Å². The molecule has 0 saturated carbocycles. The monoisotopic (exact) mass is 875 g/mol. The van der Waals surface area contributed by atoms with Crippen molar-refractivity contribution < 1.29 is 14.2 Å². The molecule has 0 aliphatic carbocycles. The average molecular weight is 875 g/mol. The minimum atomic E-state index is 0.661. The fourth-order valence-corrected chi connectivity index (χ4v) is 8.10. The smallest absolute Gasteiger partial charge is 0.127 e. The Balaban J connectivity index is 1.08. The number of ether oxygens (including phenoxy) is 3. The van der Waals surface area contributed by atoms with Crippen molar-refractivity contribution in [3.8, 4) is 17.2 Å². The second kappa shape index (κ2) is 25.5. The Labute approximate surface area is 394 Å². The van der Waals surface area contributed by atoms with Crippen LogP contribution in [0.25, 0.3) is 24.3 Å². The van der Waals surface area contributed by atoms with Gasteiger partial charge in [-0.15, -0.1) is 0 Å². The molecule has 5 heteroatoms. The first kappa shape index (κ1) is 47.0. The number of rotatable bonds is 25. The number of hydrogen-bond donors (Lipinski definition) is 0. The van der Waals surface area contributed by atoms with Gasteiger partial charge in [0.25, 0.3) is 0 Å². The lowest BCUT2D eigenvalue weighted by Gasteiger charge is -2.25. The minimum absolute atomic E-state index is 0.661. The maximum atomic E-state index is 6.53. The van der Waals surface area contributed by atoms with Crippen LogP contribution in [0, 0.1) is 0 Å². The summed E-state index contributed by atoms with van der Waals surface area (Å²) in [5, 5.41) is 0. The zero-order valence-corrected chi connectivity index (χ0v) is 39.2. The maximum Gasteiger partial charge on any atom is 0.127 e. The third kappa shape index (κ3) is 13.5. The Hall–Kier alpha value is -6.98. The summed E-state index contributed by atoms with van der Waals surface area (Å²) in [6, 6.07) is 61.5. The van der Waals surface area contributed by atoms with Crippen LogP contribution in [0.3, 0.4) is 0 Å². The first-order valence-electron chi connectivity index (χ1n) is 24.0.